The maximum atomic E-state index is 12.7. The fraction of sp³-hybridized carbons (Fsp3) is 0.688. The van der Waals surface area contributed by atoms with Gasteiger partial charge in [0.2, 0.25) is 15.9 Å². The van der Waals surface area contributed by atoms with Crippen molar-refractivity contribution in [2.24, 2.45) is 5.92 Å². The minimum absolute atomic E-state index is 0.129. The van der Waals surface area contributed by atoms with Crippen molar-refractivity contribution in [2.75, 3.05) is 12.8 Å². The van der Waals surface area contributed by atoms with Crippen LogP contribution in [0.3, 0.4) is 0 Å². The summed E-state index contributed by atoms with van der Waals surface area (Å²) in [4.78, 5) is 14.5. The maximum absolute atomic E-state index is 12.7. The van der Waals surface area contributed by atoms with E-state index in [-0.39, 0.29) is 11.9 Å². The Bertz CT molecular complexity index is 653. The first-order chi connectivity index (χ1) is 10.7. The van der Waals surface area contributed by atoms with Crippen LogP contribution in [0.15, 0.2) is 16.5 Å². The van der Waals surface area contributed by atoms with E-state index in [1.807, 2.05) is 19.1 Å². The van der Waals surface area contributed by atoms with Crippen molar-refractivity contribution >= 4 is 15.9 Å². The highest BCUT2D eigenvalue weighted by Crippen LogP contribution is 2.35. The smallest absolute Gasteiger partial charge is 0.241 e. The summed E-state index contributed by atoms with van der Waals surface area (Å²) < 4.78 is 31.0. The topological polar surface area (TPSA) is 79.6 Å². The number of hydrogen-bond donors (Lipinski definition) is 1. The van der Waals surface area contributed by atoms with Crippen LogP contribution in [0.1, 0.15) is 51.2 Å². The van der Waals surface area contributed by atoms with Crippen LogP contribution < -0.4 is 4.72 Å². The number of nitrogens with one attached hydrogen (secondary N) is 1. The number of piperidine rings is 1. The molecule has 1 aliphatic rings. The number of rotatable bonds is 5. The summed E-state index contributed by atoms with van der Waals surface area (Å²) in [6.45, 7) is 6.38. The monoisotopic (exact) mass is 342 g/mol. The third-order valence-corrected chi connectivity index (χ3v) is 5.05. The molecule has 0 radical (unpaired) electrons. The van der Waals surface area contributed by atoms with Gasteiger partial charge in [-0.2, -0.15) is 0 Å². The highest BCUT2D eigenvalue weighted by molar-refractivity contribution is 7.88. The lowest BCUT2D eigenvalue weighted by atomic mass is 9.90. The second-order valence-corrected chi connectivity index (χ2v) is 8.23. The molecule has 7 heteroatoms. The molecule has 0 unspecified atom stereocenters. The maximum Gasteiger partial charge on any atom is 0.241 e. The SMILES string of the molecule is CCc1ccc([C@@H]2C[C@@H](C)CCN2C(=O)[C@H](C)NS(C)(=O)=O)o1. The summed E-state index contributed by atoms with van der Waals surface area (Å²) in [6, 6.07) is 2.96. The molecule has 1 N–H and O–H groups in total. The number of amides is 1. The highest BCUT2D eigenvalue weighted by atomic mass is 32.2. The number of carbonyl (C=O) groups excluding carboxylic acids is 1. The van der Waals surface area contributed by atoms with Crippen LogP contribution in [0.4, 0.5) is 0 Å². The summed E-state index contributed by atoms with van der Waals surface area (Å²) in [7, 11) is -3.42. The molecule has 23 heavy (non-hydrogen) atoms. The van der Waals surface area contributed by atoms with E-state index in [2.05, 4.69) is 11.6 Å². The van der Waals surface area contributed by atoms with Gasteiger partial charge in [0.25, 0.3) is 0 Å². The zero-order chi connectivity index (χ0) is 17.2. The Hall–Kier alpha value is -1.34. The number of carbonyl (C=O) groups is 1. The van der Waals surface area contributed by atoms with Crippen molar-refractivity contribution in [1.82, 2.24) is 9.62 Å². The van der Waals surface area contributed by atoms with E-state index >= 15 is 0 Å². The fourth-order valence-corrected chi connectivity index (χ4v) is 3.80. The molecule has 2 heterocycles. The van der Waals surface area contributed by atoms with Gasteiger partial charge in [-0.15, -0.1) is 0 Å². The molecule has 1 fully saturated rings. The normalized spacial score (nSPS) is 23.7. The number of furan rings is 1. The standard InChI is InChI=1S/C16H26N2O4S/c1-5-13-6-7-15(22-13)14-10-11(2)8-9-18(14)16(19)12(3)17-23(4,20)21/h6-7,11-12,14,17H,5,8-10H2,1-4H3/t11-,12-,14-/m0/s1. The second kappa shape index (κ2) is 7.05. The molecule has 130 valence electrons. The van der Waals surface area contributed by atoms with Gasteiger partial charge in [0.1, 0.15) is 11.5 Å². The number of hydrogen-bond acceptors (Lipinski definition) is 4. The number of aryl methyl sites for hydroxylation is 1. The molecule has 0 aliphatic carbocycles. The molecule has 2 rings (SSSR count). The van der Waals surface area contributed by atoms with Gasteiger partial charge in [-0.3, -0.25) is 4.79 Å². The number of nitrogens with zero attached hydrogens (tertiary/aromatic N) is 1. The van der Waals surface area contributed by atoms with Gasteiger partial charge in [0.05, 0.1) is 18.3 Å². The van der Waals surface area contributed by atoms with E-state index in [9.17, 15) is 13.2 Å². The Morgan fingerprint density at radius 2 is 2.17 bits per heavy atom. The Labute approximate surface area is 138 Å². The molecule has 0 saturated carbocycles. The average molecular weight is 342 g/mol. The molecular weight excluding hydrogens is 316 g/mol. The molecule has 0 spiro atoms. The molecule has 1 aromatic rings. The Morgan fingerprint density at radius 1 is 1.48 bits per heavy atom. The molecule has 1 saturated heterocycles. The highest BCUT2D eigenvalue weighted by Gasteiger charge is 2.35. The molecule has 1 aliphatic heterocycles. The molecule has 0 aromatic carbocycles. The fourth-order valence-electron chi connectivity index (χ4n) is 3.06. The lowest BCUT2D eigenvalue weighted by Crippen LogP contribution is -2.50. The summed E-state index contributed by atoms with van der Waals surface area (Å²) in [6.07, 6.45) is 3.61. The molecule has 1 amide bonds. The van der Waals surface area contributed by atoms with Crippen LogP contribution in [0.25, 0.3) is 0 Å². The van der Waals surface area contributed by atoms with Gasteiger partial charge < -0.3 is 9.32 Å². The predicted molar refractivity (Wildman–Crippen MR) is 88.4 cm³/mol. The minimum Gasteiger partial charge on any atom is -0.464 e. The second-order valence-electron chi connectivity index (χ2n) is 6.45. The summed E-state index contributed by atoms with van der Waals surface area (Å²) in [5.74, 6) is 1.97. The van der Waals surface area contributed by atoms with Crippen LogP contribution in [0.2, 0.25) is 0 Å². The first-order valence-electron chi connectivity index (χ1n) is 8.07. The van der Waals surface area contributed by atoms with Gasteiger partial charge in [-0.25, -0.2) is 13.1 Å². The quantitative estimate of drug-likeness (QED) is 0.888. The molecule has 6 nitrogen and oxygen atoms in total. The molecule has 3 atom stereocenters. The predicted octanol–water partition coefficient (Wildman–Crippen LogP) is 2.08. The lowest BCUT2D eigenvalue weighted by molar-refractivity contribution is -0.137. The Kier molecular flexibility index (Phi) is 5.52. The van der Waals surface area contributed by atoms with Gasteiger partial charge in [-0.05, 0) is 37.8 Å². The van der Waals surface area contributed by atoms with Gasteiger partial charge in [0, 0.05) is 13.0 Å². The third kappa shape index (κ3) is 4.57. The van der Waals surface area contributed by atoms with Crippen molar-refractivity contribution in [3.63, 3.8) is 0 Å². The molecule has 0 bridgehead atoms. The minimum atomic E-state index is -3.42. The summed E-state index contributed by atoms with van der Waals surface area (Å²) in [5, 5.41) is 0. The van der Waals surface area contributed by atoms with Crippen LogP contribution >= 0.6 is 0 Å². The van der Waals surface area contributed by atoms with Gasteiger partial charge in [0.15, 0.2) is 0 Å². The van der Waals surface area contributed by atoms with Crippen LogP contribution in [0, 0.1) is 5.92 Å². The van der Waals surface area contributed by atoms with Crippen molar-refractivity contribution in [1.29, 1.82) is 0 Å². The van der Waals surface area contributed by atoms with E-state index in [1.54, 1.807) is 11.8 Å². The Morgan fingerprint density at radius 3 is 2.74 bits per heavy atom. The van der Waals surface area contributed by atoms with Crippen molar-refractivity contribution in [3.8, 4) is 0 Å². The third-order valence-electron chi connectivity index (χ3n) is 4.27. The number of sulfonamides is 1. The van der Waals surface area contributed by atoms with E-state index < -0.39 is 16.1 Å². The van der Waals surface area contributed by atoms with Crippen molar-refractivity contribution < 1.29 is 17.6 Å². The first-order valence-corrected chi connectivity index (χ1v) is 9.96. The van der Waals surface area contributed by atoms with Crippen molar-refractivity contribution in [3.05, 3.63) is 23.7 Å². The zero-order valence-electron chi connectivity index (χ0n) is 14.2. The van der Waals surface area contributed by atoms with E-state index in [4.69, 9.17) is 4.42 Å². The van der Waals surface area contributed by atoms with E-state index in [1.165, 1.54) is 0 Å². The lowest BCUT2D eigenvalue weighted by Gasteiger charge is -2.38. The largest absolute Gasteiger partial charge is 0.464 e. The van der Waals surface area contributed by atoms with Crippen LogP contribution in [-0.4, -0.2) is 38.1 Å². The number of likely N-dealkylation sites (tertiary alicyclic amines) is 1. The van der Waals surface area contributed by atoms with Crippen LogP contribution in [0.5, 0.6) is 0 Å². The van der Waals surface area contributed by atoms with Gasteiger partial charge in [-0.1, -0.05) is 13.8 Å². The average Bonchev–Trinajstić information content (AvgIpc) is 2.93. The summed E-state index contributed by atoms with van der Waals surface area (Å²) >= 11 is 0. The van der Waals surface area contributed by atoms with Crippen molar-refractivity contribution in [2.45, 2.75) is 52.1 Å². The Balaban J connectivity index is 2.21. The molecular formula is C16H26N2O4S. The van der Waals surface area contributed by atoms with E-state index in [0.29, 0.717) is 12.5 Å². The van der Waals surface area contributed by atoms with Crippen LogP contribution in [-0.2, 0) is 21.2 Å². The first kappa shape index (κ1) is 18.0. The molecule has 1 aromatic heterocycles. The van der Waals surface area contributed by atoms with Gasteiger partial charge >= 0.3 is 0 Å². The zero-order valence-corrected chi connectivity index (χ0v) is 15.0. The summed E-state index contributed by atoms with van der Waals surface area (Å²) in [5.41, 5.74) is 0. The van der Waals surface area contributed by atoms with E-state index in [0.717, 1.165) is 37.0 Å².